The summed E-state index contributed by atoms with van der Waals surface area (Å²) in [5, 5.41) is 8.32. The van der Waals surface area contributed by atoms with Crippen molar-refractivity contribution in [3.05, 3.63) is 12.2 Å². The Morgan fingerprint density at radius 1 is 1.07 bits per heavy atom. The summed E-state index contributed by atoms with van der Waals surface area (Å²) in [6.07, 6.45) is 1.52. The van der Waals surface area contributed by atoms with Crippen molar-refractivity contribution >= 4 is 11.9 Å². The van der Waals surface area contributed by atoms with E-state index in [1.807, 2.05) is 27.7 Å². The molecule has 86 valence electrons. The van der Waals surface area contributed by atoms with E-state index in [0.29, 0.717) is 0 Å². The van der Waals surface area contributed by atoms with Crippen molar-refractivity contribution in [2.45, 2.75) is 33.8 Å². The van der Waals surface area contributed by atoms with Crippen molar-refractivity contribution in [1.82, 2.24) is 0 Å². The molecule has 0 saturated carbocycles. The summed E-state index contributed by atoms with van der Waals surface area (Å²) >= 11 is 0. The van der Waals surface area contributed by atoms with Gasteiger partial charge < -0.3 is 9.84 Å². The fraction of sp³-hybridized carbons (Fsp3) is 0.636. The highest BCUT2D eigenvalue weighted by Gasteiger charge is 2.20. The molecule has 0 aliphatic carbocycles. The van der Waals surface area contributed by atoms with Gasteiger partial charge in [0.2, 0.25) is 0 Å². The van der Waals surface area contributed by atoms with E-state index in [1.165, 1.54) is 0 Å². The van der Waals surface area contributed by atoms with Crippen molar-refractivity contribution in [2.75, 3.05) is 0 Å². The Balaban J connectivity index is 4.30. The lowest BCUT2D eigenvalue weighted by Gasteiger charge is -2.24. The molecule has 0 amide bonds. The van der Waals surface area contributed by atoms with Crippen LogP contribution in [0.25, 0.3) is 0 Å². The van der Waals surface area contributed by atoms with Crippen molar-refractivity contribution < 1.29 is 19.4 Å². The normalized spacial score (nSPS) is 11.7. The fourth-order valence-electron chi connectivity index (χ4n) is 1.35. The SMILES string of the molecule is CC(C)C(OC(=O)C=CC(=O)O)C(C)C. The van der Waals surface area contributed by atoms with Gasteiger partial charge in [-0.15, -0.1) is 0 Å². The van der Waals surface area contributed by atoms with Crippen LogP contribution in [0.4, 0.5) is 0 Å². The highest BCUT2D eigenvalue weighted by Crippen LogP contribution is 2.16. The molecule has 15 heavy (non-hydrogen) atoms. The minimum absolute atomic E-state index is 0.184. The standard InChI is InChI=1S/C11H18O4/c1-7(2)11(8(3)4)15-10(14)6-5-9(12)13/h5-8,11H,1-4H3,(H,12,13). The van der Waals surface area contributed by atoms with Crippen LogP contribution in [0, 0.1) is 11.8 Å². The van der Waals surface area contributed by atoms with E-state index in [0.717, 1.165) is 12.2 Å². The number of carboxylic acids is 1. The number of rotatable bonds is 5. The first kappa shape index (κ1) is 13.7. The Hall–Kier alpha value is -1.32. The van der Waals surface area contributed by atoms with Gasteiger partial charge in [-0.2, -0.15) is 0 Å². The Kier molecular flexibility index (Phi) is 5.67. The smallest absolute Gasteiger partial charge is 0.331 e. The van der Waals surface area contributed by atoms with Crippen molar-refractivity contribution in [3.63, 3.8) is 0 Å². The van der Waals surface area contributed by atoms with Gasteiger partial charge in [0, 0.05) is 12.2 Å². The van der Waals surface area contributed by atoms with E-state index in [-0.39, 0.29) is 17.9 Å². The van der Waals surface area contributed by atoms with Crippen LogP contribution < -0.4 is 0 Å². The largest absolute Gasteiger partial charge is 0.478 e. The molecular formula is C11H18O4. The third kappa shape index (κ3) is 5.88. The molecule has 0 radical (unpaired) electrons. The molecule has 0 aliphatic rings. The van der Waals surface area contributed by atoms with E-state index < -0.39 is 11.9 Å². The minimum Gasteiger partial charge on any atom is -0.478 e. The average Bonchev–Trinajstić information content (AvgIpc) is 2.09. The Labute approximate surface area is 89.9 Å². The van der Waals surface area contributed by atoms with Crippen LogP contribution in [0.1, 0.15) is 27.7 Å². The monoisotopic (exact) mass is 214 g/mol. The number of aliphatic carboxylic acids is 1. The van der Waals surface area contributed by atoms with Gasteiger partial charge in [-0.05, 0) is 11.8 Å². The summed E-state index contributed by atoms with van der Waals surface area (Å²) in [6, 6.07) is 0. The topological polar surface area (TPSA) is 63.6 Å². The first-order valence-corrected chi connectivity index (χ1v) is 4.96. The van der Waals surface area contributed by atoms with Crippen LogP contribution in [0.2, 0.25) is 0 Å². The summed E-state index contributed by atoms with van der Waals surface area (Å²) in [7, 11) is 0. The second-order valence-corrected chi connectivity index (χ2v) is 4.06. The number of esters is 1. The summed E-state index contributed by atoms with van der Waals surface area (Å²) in [5.74, 6) is -1.33. The zero-order valence-corrected chi connectivity index (χ0v) is 9.56. The number of carbonyl (C=O) groups is 2. The Morgan fingerprint density at radius 3 is 1.87 bits per heavy atom. The van der Waals surface area contributed by atoms with E-state index in [9.17, 15) is 9.59 Å². The lowest BCUT2D eigenvalue weighted by molar-refractivity contribution is -0.148. The number of hydrogen-bond donors (Lipinski definition) is 1. The van der Waals surface area contributed by atoms with Crippen LogP contribution in [-0.4, -0.2) is 23.1 Å². The zero-order chi connectivity index (χ0) is 12.0. The highest BCUT2D eigenvalue weighted by molar-refractivity contribution is 5.90. The van der Waals surface area contributed by atoms with Gasteiger partial charge in [-0.3, -0.25) is 0 Å². The van der Waals surface area contributed by atoms with E-state index >= 15 is 0 Å². The molecular weight excluding hydrogens is 196 g/mol. The molecule has 0 aliphatic heterocycles. The number of carboxylic acid groups (broad SMARTS) is 1. The molecule has 0 aromatic carbocycles. The first-order chi connectivity index (χ1) is 6.84. The zero-order valence-electron chi connectivity index (χ0n) is 9.56. The molecule has 0 aromatic rings. The average molecular weight is 214 g/mol. The lowest BCUT2D eigenvalue weighted by atomic mass is 9.96. The minimum atomic E-state index is -1.16. The molecule has 0 spiro atoms. The second-order valence-electron chi connectivity index (χ2n) is 4.06. The van der Waals surface area contributed by atoms with Gasteiger partial charge in [0.15, 0.2) is 0 Å². The first-order valence-electron chi connectivity index (χ1n) is 4.96. The molecule has 0 unspecified atom stereocenters. The predicted molar refractivity (Wildman–Crippen MR) is 56.3 cm³/mol. The quantitative estimate of drug-likeness (QED) is 0.560. The van der Waals surface area contributed by atoms with Crippen molar-refractivity contribution in [3.8, 4) is 0 Å². The molecule has 0 rings (SSSR count). The third-order valence-electron chi connectivity index (χ3n) is 1.93. The molecule has 0 atom stereocenters. The van der Waals surface area contributed by atoms with Crippen molar-refractivity contribution in [1.29, 1.82) is 0 Å². The Bertz CT molecular complexity index is 245. The highest BCUT2D eigenvalue weighted by atomic mass is 16.5. The molecule has 0 fully saturated rings. The van der Waals surface area contributed by atoms with E-state index in [2.05, 4.69) is 0 Å². The van der Waals surface area contributed by atoms with E-state index in [1.54, 1.807) is 0 Å². The van der Waals surface area contributed by atoms with Gasteiger partial charge in [-0.25, -0.2) is 9.59 Å². The second kappa shape index (κ2) is 6.22. The van der Waals surface area contributed by atoms with Crippen LogP contribution >= 0.6 is 0 Å². The predicted octanol–water partition coefficient (Wildman–Crippen LogP) is 1.85. The van der Waals surface area contributed by atoms with Gasteiger partial charge >= 0.3 is 11.9 Å². The van der Waals surface area contributed by atoms with Gasteiger partial charge in [0.1, 0.15) is 6.10 Å². The molecule has 4 heteroatoms. The van der Waals surface area contributed by atoms with E-state index in [4.69, 9.17) is 9.84 Å². The maximum absolute atomic E-state index is 11.2. The van der Waals surface area contributed by atoms with Gasteiger partial charge in [0.05, 0.1) is 0 Å². The molecule has 0 aromatic heterocycles. The molecule has 0 heterocycles. The third-order valence-corrected chi connectivity index (χ3v) is 1.93. The van der Waals surface area contributed by atoms with Crippen LogP contribution in [-0.2, 0) is 14.3 Å². The van der Waals surface area contributed by atoms with Gasteiger partial charge in [0.25, 0.3) is 0 Å². The summed E-state index contributed by atoms with van der Waals surface area (Å²) in [4.78, 5) is 21.4. The number of carbonyl (C=O) groups excluding carboxylic acids is 1. The molecule has 0 bridgehead atoms. The summed E-state index contributed by atoms with van der Waals surface area (Å²) < 4.78 is 5.13. The maximum atomic E-state index is 11.2. The number of hydrogen-bond acceptors (Lipinski definition) is 3. The fourth-order valence-corrected chi connectivity index (χ4v) is 1.35. The number of ether oxygens (including phenoxy) is 1. The molecule has 1 N–H and O–H groups in total. The molecule has 0 saturated heterocycles. The Morgan fingerprint density at radius 2 is 1.53 bits per heavy atom. The van der Waals surface area contributed by atoms with Crippen molar-refractivity contribution in [2.24, 2.45) is 11.8 Å². The lowest BCUT2D eigenvalue weighted by Crippen LogP contribution is -2.28. The van der Waals surface area contributed by atoms with Crippen LogP contribution in [0.5, 0.6) is 0 Å². The maximum Gasteiger partial charge on any atom is 0.331 e. The molecule has 4 nitrogen and oxygen atoms in total. The van der Waals surface area contributed by atoms with Crippen LogP contribution in [0.3, 0.4) is 0 Å². The van der Waals surface area contributed by atoms with Gasteiger partial charge in [-0.1, -0.05) is 27.7 Å². The summed E-state index contributed by atoms with van der Waals surface area (Å²) in [6.45, 7) is 7.83. The van der Waals surface area contributed by atoms with Crippen LogP contribution in [0.15, 0.2) is 12.2 Å². The summed E-state index contributed by atoms with van der Waals surface area (Å²) in [5.41, 5.74) is 0.